The first-order valence-corrected chi connectivity index (χ1v) is 8.71. The van der Waals surface area contributed by atoms with Crippen LogP contribution in [0.15, 0.2) is 48.7 Å². The minimum atomic E-state index is -0.399. The number of nitrogens with one attached hydrogen (secondary N) is 2. The Hall–Kier alpha value is -2.80. The minimum Gasteiger partial charge on any atom is -0.345 e. The zero-order valence-corrected chi connectivity index (χ0v) is 14.5. The molecule has 0 aliphatic carbocycles. The molecule has 1 aromatic heterocycles. The van der Waals surface area contributed by atoms with Crippen LogP contribution in [0.3, 0.4) is 0 Å². The summed E-state index contributed by atoms with van der Waals surface area (Å²) >= 11 is 0. The molecule has 1 aromatic carbocycles. The predicted octanol–water partition coefficient (Wildman–Crippen LogP) is -0.00860. The highest BCUT2D eigenvalue weighted by atomic mass is 19.1. The van der Waals surface area contributed by atoms with Gasteiger partial charge in [0.25, 0.3) is 11.8 Å². The number of rotatable bonds is 5. The van der Waals surface area contributed by atoms with Gasteiger partial charge in [-0.2, -0.15) is 0 Å². The Labute approximate surface area is 151 Å². The lowest BCUT2D eigenvalue weighted by Gasteiger charge is -2.32. The fourth-order valence-electron chi connectivity index (χ4n) is 3.02. The number of carbonyl (C=O) groups excluding carboxylic acids is 2. The van der Waals surface area contributed by atoms with E-state index in [2.05, 4.69) is 10.3 Å². The number of aromatic nitrogens is 1. The summed E-state index contributed by atoms with van der Waals surface area (Å²) in [4.78, 5) is 31.5. The van der Waals surface area contributed by atoms with Crippen molar-refractivity contribution in [3.63, 3.8) is 0 Å². The van der Waals surface area contributed by atoms with Gasteiger partial charge in [-0.1, -0.05) is 12.1 Å². The average Bonchev–Trinajstić information content (AvgIpc) is 2.68. The number of halogens is 1. The van der Waals surface area contributed by atoms with E-state index in [1.54, 1.807) is 41.4 Å². The highest BCUT2D eigenvalue weighted by Crippen LogP contribution is 2.07. The molecule has 7 heteroatoms. The molecule has 1 aliphatic rings. The van der Waals surface area contributed by atoms with Gasteiger partial charge in [0.1, 0.15) is 11.5 Å². The monoisotopic (exact) mass is 357 g/mol. The number of hydrogen-bond donors (Lipinski definition) is 2. The van der Waals surface area contributed by atoms with Gasteiger partial charge in [0.2, 0.25) is 0 Å². The lowest BCUT2D eigenvalue weighted by molar-refractivity contribution is -0.902. The number of quaternary nitrogens is 1. The Balaban J connectivity index is 1.41. The maximum absolute atomic E-state index is 13.3. The highest BCUT2D eigenvalue weighted by molar-refractivity contribution is 5.94. The summed E-state index contributed by atoms with van der Waals surface area (Å²) in [6.45, 7) is 4.21. The maximum atomic E-state index is 13.3. The van der Waals surface area contributed by atoms with Crippen molar-refractivity contribution in [3.05, 3.63) is 65.7 Å². The van der Waals surface area contributed by atoms with Gasteiger partial charge in [-0.3, -0.25) is 14.6 Å². The molecule has 0 atom stereocenters. The number of piperazine rings is 1. The molecule has 1 aliphatic heterocycles. The van der Waals surface area contributed by atoms with E-state index in [0.29, 0.717) is 30.9 Å². The number of carbonyl (C=O) groups is 2. The molecule has 2 amide bonds. The summed E-state index contributed by atoms with van der Waals surface area (Å²) in [5.74, 6) is -0.708. The second-order valence-electron chi connectivity index (χ2n) is 6.27. The van der Waals surface area contributed by atoms with Crippen LogP contribution in [-0.4, -0.2) is 61.0 Å². The zero-order valence-electron chi connectivity index (χ0n) is 14.5. The lowest BCUT2D eigenvalue weighted by Crippen LogP contribution is -3.15. The van der Waals surface area contributed by atoms with Gasteiger partial charge in [0, 0.05) is 11.8 Å². The molecule has 2 heterocycles. The van der Waals surface area contributed by atoms with Crippen molar-refractivity contribution in [2.45, 2.75) is 0 Å². The second-order valence-corrected chi connectivity index (χ2v) is 6.27. The Kier molecular flexibility index (Phi) is 5.91. The van der Waals surface area contributed by atoms with Crippen LogP contribution in [0.4, 0.5) is 4.39 Å². The van der Waals surface area contributed by atoms with E-state index in [1.165, 1.54) is 17.0 Å². The van der Waals surface area contributed by atoms with Crippen LogP contribution in [0.5, 0.6) is 0 Å². The van der Waals surface area contributed by atoms with E-state index in [9.17, 15) is 14.0 Å². The van der Waals surface area contributed by atoms with Crippen LogP contribution in [-0.2, 0) is 0 Å². The van der Waals surface area contributed by atoms with Gasteiger partial charge in [-0.25, -0.2) is 4.39 Å². The normalized spacial score (nSPS) is 14.9. The molecule has 26 heavy (non-hydrogen) atoms. The third-order valence-corrected chi connectivity index (χ3v) is 4.49. The summed E-state index contributed by atoms with van der Waals surface area (Å²) in [5, 5.41) is 2.87. The van der Waals surface area contributed by atoms with E-state index in [4.69, 9.17) is 0 Å². The summed E-state index contributed by atoms with van der Waals surface area (Å²) in [6, 6.07) is 11.0. The SMILES string of the molecule is O=C(NCC[NH+]1CCN(C(=O)c2cccc(F)c2)CC1)c1ccccn1. The molecule has 0 radical (unpaired) electrons. The number of pyridine rings is 1. The number of benzene rings is 1. The fraction of sp³-hybridized carbons (Fsp3) is 0.316. The predicted molar refractivity (Wildman–Crippen MR) is 94.4 cm³/mol. The lowest BCUT2D eigenvalue weighted by atomic mass is 10.1. The molecule has 0 unspecified atom stereocenters. The first-order valence-electron chi connectivity index (χ1n) is 8.71. The van der Waals surface area contributed by atoms with Crippen molar-refractivity contribution in [2.75, 3.05) is 39.3 Å². The van der Waals surface area contributed by atoms with E-state index >= 15 is 0 Å². The van der Waals surface area contributed by atoms with Crippen LogP contribution >= 0.6 is 0 Å². The smallest absolute Gasteiger partial charge is 0.270 e. The Morgan fingerprint density at radius 3 is 2.65 bits per heavy atom. The average molecular weight is 357 g/mol. The largest absolute Gasteiger partial charge is 0.345 e. The van der Waals surface area contributed by atoms with E-state index in [-0.39, 0.29) is 11.8 Å². The molecule has 3 rings (SSSR count). The third kappa shape index (κ3) is 4.64. The number of nitrogens with zero attached hydrogens (tertiary/aromatic N) is 2. The number of hydrogen-bond acceptors (Lipinski definition) is 3. The molecule has 0 bridgehead atoms. The van der Waals surface area contributed by atoms with Crippen molar-refractivity contribution < 1.29 is 18.9 Å². The second kappa shape index (κ2) is 8.53. The summed E-state index contributed by atoms with van der Waals surface area (Å²) in [6.07, 6.45) is 1.59. The molecular weight excluding hydrogens is 335 g/mol. The Morgan fingerprint density at radius 1 is 1.15 bits per heavy atom. The standard InChI is InChI=1S/C19H21FN4O2/c20-16-5-3-4-15(14-16)19(26)24-12-10-23(11-13-24)9-8-22-18(25)17-6-1-2-7-21-17/h1-7,14H,8-13H2,(H,22,25)/p+1. The quantitative estimate of drug-likeness (QED) is 0.791. The van der Waals surface area contributed by atoms with Crippen LogP contribution in [0.1, 0.15) is 20.8 Å². The van der Waals surface area contributed by atoms with Crippen LogP contribution in [0.2, 0.25) is 0 Å². The van der Waals surface area contributed by atoms with Gasteiger partial charge in [-0.05, 0) is 30.3 Å². The Bertz CT molecular complexity index is 761. The van der Waals surface area contributed by atoms with Gasteiger partial charge in [-0.15, -0.1) is 0 Å². The van der Waals surface area contributed by atoms with Gasteiger partial charge in [0.15, 0.2) is 0 Å². The summed E-state index contributed by atoms with van der Waals surface area (Å²) in [5.41, 5.74) is 0.795. The van der Waals surface area contributed by atoms with E-state index in [0.717, 1.165) is 19.6 Å². The zero-order chi connectivity index (χ0) is 18.4. The van der Waals surface area contributed by atoms with Crippen LogP contribution in [0.25, 0.3) is 0 Å². The summed E-state index contributed by atoms with van der Waals surface area (Å²) in [7, 11) is 0. The fourth-order valence-corrected chi connectivity index (χ4v) is 3.02. The molecule has 0 saturated carbocycles. The molecule has 2 N–H and O–H groups in total. The van der Waals surface area contributed by atoms with Crippen molar-refractivity contribution in [3.8, 4) is 0 Å². The van der Waals surface area contributed by atoms with Gasteiger partial charge in [0.05, 0.1) is 39.3 Å². The highest BCUT2D eigenvalue weighted by Gasteiger charge is 2.24. The van der Waals surface area contributed by atoms with E-state index in [1.807, 2.05) is 0 Å². The topological polar surface area (TPSA) is 66.7 Å². The molecule has 136 valence electrons. The molecule has 1 saturated heterocycles. The van der Waals surface area contributed by atoms with E-state index < -0.39 is 5.82 Å². The molecule has 1 fully saturated rings. The minimum absolute atomic E-state index is 0.132. The molecule has 0 spiro atoms. The summed E-state index contributed by atoms with van der Waals surface area (Å²) < 4.78 is 13.3. The van der Waals surface area contributed by atoms with Crippen molar-refractivity contribution in [1.82, 2.24) is 15.2 Å². The van der Waals surface area contributed by atoms with Crippen molar-refractivity contribution in [2.24, 2.45) is 0 Å². The maximum Gasteiger partial charge on any atom is 0.270 e. The molecule has 2 aromatic rings. The van der Waals surface area contributed by atoms with Crippen LogP contribution in [0, 0.1) is 5.82 Å². The van der Waals surface area contributed by atoms with Crippen LogP contribution < -0.4 is 10.2 Å². The first-order chi connectivity index (χ1) is 12.6. The number of amides is 2. The first kappa shape index (κ1) is 18.0. The molecular formula is C19H22FN4O2+. The van der Waals surface area contributed by atoms with Gasteiger partial charge < -0.3 is 15.1 Å². The van der Waals surface area contributed by atoms with Gasteiger partial charge >= 0.3 is 0 Å². The van der Waals surface area contributed by atoms with Crippen molar-refractivity contribution in [1.29, 1.82) is 0 Å². The Morgan fingerprint density at radius 2 is 1.96 bits per heavy atom. The third-order valence-electron chi connectivity index (χ3n) is 4.49. The molecule has 6 nitrogen and oxygen atoms in total. The van der Waals surface area contributed by atoms with Crippen molar-refractivity contribution >= 4 is 11.8 Å².